The number of halogens is 1. The lowest BCUT2D eigenvalue weighted by atomic mass is 9.96. The van der Waals surface area contributed by atoms with Crippen LogP contribution in [-0.4, -0.2) is 29.2 Å². The fourth-order valence-corrected chi connectivity index (χ4v) is 3.05. The second kappa shape index (κ2) is 6.95. The average molecular weight is 316 g/mol. The van der Waals surface area contributed by atoms with Crippen molar-refractivity contribution in [3.8, 4) is 11.3 Å². The molecule has 4 heteroatoms. The lowest BCUT2D eigenvalue weighted by molar-refractivity contribution is 0.294. The molecule has 0 amide bonds. The molecule has 1 unspecified atom stereocenters. The Kier molecular flexibility index (Phi) is 5.22. The molecule has 0 aliphatic carbocycles. The van der Waals surface area contributed by atoms with E-state index >= 15 is 0 Å². The first-order chi connectivity index (χ1) is 10.2. The molecule has 3 nitrogen and oxygen atoms in total. The molecular weight excluding hydrogens is 294 g/mol. The minimum Gasteiger partial charge on any atom is -0.302 e. The van der Waals surface area contributed by atoms with Crippen molar-refractivity contribution in [3.63, 3.8) is 0 Å². The largest absolute Gasteiger partial charge is 0.302 e. The van der Waals surface area contributed by atoms with Gasteiger partial charge in [0.15, 0.2) is 0 Å². The molecule has 0 bridgehead atoms. The molecule has 0 saturated heterocycles. The third-order valence-corrected chi connectivity index (χ3v) is 4.04. The van der Waals surface area contributed by atoms with Gasteiger partial charge in [-0.1, -0.05) is 49.4 Å². The van der Waals surface area contributed by atoms with Crippen molar-refractivity contribution in [2.75, 3.05) is 14.1 Å². The van der Waals surface area contributed by atoms with Crippen molar-refractivity contribution < 1.29 is 0 Å². The van der Waals surface area contributed by atoms with Crippen molar-refractivity contribution in [1.29, 1.82) is 0 Å². The Morgan fingerprint density at radius 3 is 2.41 bits per heavy atom. The zero-order chi connectivity index (χ0) is 14.8. The number of hydrogen-bond acceptors (Lipinski definition) is 2. The SMILES string of the molecule is CCC(c1cccc2[nH]nc(-c3ccccc3)c12)N(C)C.Cl. The fourth-order valence-electron chi connectivity index (χ4n) is 3.05. The Labute approximate surface area is 137 Å². The van der Waals surface area contributed by atoms with Gasteiger partial charge in [-0.2, -0.15) is 5.10 Å². The van der Waals surface area contributed by atoms with E-state index in [2.05, 4.69) is 78.6 Å². The number of benzene rings is 2. The maximum absolute atomic E-state index is 4.56. The molecule has 0 radical (unpaired) electrons. The lowest BCUT2D eigenvalue weighted by Gasteiger charge is -2.24. The Morgan fingerprint density at radius 1 is 1.05 bits per heavy atom. The Morgan fingerprint density at radius 2 is 1.77 bits per heavy atom. The van der Waals surface area contributed by atoms with Crippen LogP contribution in [0.25, 0.3) is 22.2 Å². The van der Waals surface area contributed by atoms with Gasteiger partial charge in [0.25, 0.3) is 0 Å². The standard InChI is InChI=1S/C18H21N3.ClH/c1-4-16(21(2)3)14-11-8-12-15-17(14)18(20-19-15)13-9-6-5-7-10-13;/h5-12,16H,4H2,1-3H3,(H,19,20);1H. The van der Waals surface area contributed by atoms with Crippen LogP contribution in [0.4, 0.5) is 0 Å². The summed E-state index contributed by atoms with van der Waals surface area (Å²) in [4.78, 5) is 2.27. The average Bonchev–Trinajstić information content (AvgIpc) is 2.93. The molecule has 1 N–H and O–H groups in total. The lowest BCUT2D eigenvalue weighted by Crippen LogP contribution is -2.19. The van der Waals surface area contributed by atoms with E-state index in [1.807, 2.05) is 6.07 Å². The number of rotatable bonds is 4. The van der Waals surface area contributed by atoms with Crippen LogP contribution in [0.3, 0.4) is 0 Å². The van der Waals surface area contributed by atoms with Gasteiger partial charge in [-0.3, -0.25) is 5.10 Å². The van der Waals surface area contributed by atoms with E-state index in [1.54, 1.807) is 0 Å². The molecule has 1 heterocycles. The van der Waals surface area contributed by atoms with Crippen LogP contribution in [0.5, 0.6) is 0 Å². The van der Waals surface area contributed by atoms with Crippen LogP contribution in [0.15, 0.2) is 48.5 Å². The molecule has 3 aromatic rings. The van der Waals surface area contributed by atoms with Gasteiger partial charge in [0.05, 0.1) is 5.52 Å². The number of H-pyrrole nitrogens is 1. The van der Waals surface area contributed by atoms with Gasteiger partial charge in [-0.25, -0.2) is 0 Å². The highest BCUT2D eigenvalue weighted by Crippen LogP contribution is 2.34. The van der Waals surface area contributed by atoms with Crippen molar-refractivity contribution in [2.45, 2.75) is 19.4 Å². The molecule has 116 valence electrons. The molecule has 0 aliphatic heterocycles. The highest BCUT2D eigenvalue weighted by molar-refractivity contribution is 5.95. The zero-order valence-corrected chi connectivity index (χ0v) is 14.0. The number of nitrogens with zero attached hydrogens (tertiary/aromatic N) is 2. The Hall–Kier alpha value is -1.84. The van der Waals surface area contributed by atoms with E-state index < -0.39 is 0 Å². The first-order valence-electron chi connectivity index (χ1n) is 7.41. The van der Waals surface area contributed by atoms with E-state index in [0.29, 0.717) is 6.04 Å². The van der Waals surface area contributed by atoms with Gasteiger partial charge >= 0.3 is 0 Å². The van der Waals surface area contributed by atoms with Crippen molar-refractivity contribution >= 4 is 23.3 Å². The predicted molar refractivity (Wildman–Crippen MR) is 95.5 cm³/mol. The molecule has 2 aromatic carbocycles. The van der Waals surface area contributed by atoms with E-state index in [9.17, 15) is 0 Å². The van der Waals surface area contributed by atoms with Crippen LogP contribution >= 0.6 is 12.4 Å². The normalized spacial score (nSPS) is 12.4. The van der Waals surface area contributed by atoms with Crippen molar-refractivity contribution in [2.24, 2.45) is 0 Å². The summed E-state index contributed by atoms with van der Waals surface area (Å²) < 4.78 is 0. The topological polar surface area (TPSA) is 31.9 Å². The van der Waals surface area contributed by atoms with E-state index in [1.165, 1.54) is 10.9 Å². The van der Waals surface area contributed by atoms with E-state index in [4.69, 9.17) is 0 Å². The summed E-state index contributed by atoms with van der Waals surface area (Å²) in [6.07, 6.45) is 1.07. The second-order valence-electron chi connectivity index (χ2n) is 5.60. The summed E-state index contributed by atoms with van der Waals surface area (Å²) >= 11 is 0. The molecule has 0 spiro atoms. The number of fused-ring (bicyclic) bond motifs is 1. The van der Waals surface area contributed by atoms with Crippen LogP contribution < -0.4 is 0 Å². The summed E-state index contributed by atoms with van der Waals surface area (Å²) in [6, 6.07) is 17.2. The summed E-state index contributed by atoms with van der Waals surface area (Å²) in [7, 11) is 4.27. The molecule has 0 aliphatic rings. The van der Waals surface area contributed by atoms with Gasteiger partial charge in [0, 0.05) is 17.0 Å². The zero-order valence-electron chi connectivity index (χ0n) is 13.2. The number of hydrogen-bond donors (Lipinski definition) is 1. The highest BCUT2D eigenvalue weighted by atomic mass is 35.5. The fraction of sp³-hybridized carbons (Fsp3) is 0.278. The van der Waals surface area contributed by atoms with Crippen LogP contribution in [0.2, 0.25) is 0 Å². The van der Waals surface area contributed by atoms with Crippen LogP contribution in [0.1, 0.15) is 24.9 Å². The Balaban J connectivity index is 0.00000176. The first kappa shape index (κ1) is 16.5. The van der Waals surface area contributed by atoms with Gasteiger partial charge in [-0.05, 0) is 32.1 Å². The molecule has 1 atom stereocenters. The van der Waals surface area contributed by atoms with Crippen LogP contribution in [-0.2, 0) is 0 Å². The maximum Gasteiger partial charge on any atom is 0.100 e. The smallest absolute Gasteiger partial charge is 0.100 e. The number of nitrogens with one attached hydrogen (secondary N) is 1. The van der Waals surface area contributed by atoms with Gasteiger partial charge < -0.3 is 4.90 Å². The van der Waals surface area contributed by atoms with E-state index in [-0.39, 0.29) is 12.4 Å². The van der Waals surface area contributed by atoms with Gasteiger partial charge in [0.2, 0.25) is 0 Å². The second-order valence-corrected chi connectivity index (χ2v) is 5.60. The maximum atomic E-state index is 4.56. The van der Waals surface area contributed by atoms with Gasteiger partial charge in [-0.15, -0.1) is 12.4 Å². The monoisotopic (exact) mass is 315 g/mol. The minimum absolute atomic E-state index is 0. The van der Waals surface area contributed by atoms with Crippen LogP contribution in [0, 0.1) is 0 Å². The molecular formula is C18H22ClN3. The quantitative estimate of drug-likeness (QED) is 0.759. The van der Waals surface area contributed by atoms with E-state index in [0.717, 1.165) is 23.2 Å². The molecule has 1 aromatic heterocycles. The molecule has 0 saturated carbocycles. The van der Waals surface area contributed by atoms with Crippen molar-refractivity contribution in [1.82, 2.24) is 15.1 Å². The third-order valence-electron chi connectivity index (χ3n) is 4.04. The molecule has 3 rings (SSSR count). The highest BCUT2D eigenvalue weighted by Gasteiger charge is 2.19. The van der Waals surface area contributed by atoms with Gasteiger partial charge in [0.1, 0.15) is 5.69 Å². The summed E-state index contributed by atoms with van der Waals surface area (Å²) in [6.45, 7) is 2.23. The third kappa shape index (κ3) is 2.87. The number of aromatic nitrogens is 2. The summed E-state index contributed by atoms with van der Waals surface area (Å²) in [5.74, 6) is 0. The first-order valence-corrected chi connectivity index (χ1v) is 7.41. The molecule has 0 fully saturated rings. The summed E-state index contributed by atoms with van der Waals surface area (Å²) in [5, 5.41) is 8.98. The number of aromatic amines is 1. The Bertz CT molecular complexity index is 734. The predicted octanol–water partition coefficient (Wildman–Crippen LogP) is 4.66. The van der Waals surface area contributed by atoms with Crippen molar-refractivity contribution in [3.05, 3.63) is 54.1 Å². The summed E-state index contributed by atoms with van der Waals surface area (Å²) in [5.41, 5.74) is 4.64. The molecule has 22 heavy (non-hydrogen) atoms. The minimum atomic E-state index is 0.